The molecule has 0 aliphatic carbocycles. The van der Waals surface area contributed by atoms with E-state index in [1.165, 1.54) is 18.3 Å². The topological polar surface area (TPSA) is 60.7 Å². The number of carbonyl (C=O) groups is 2. The Morgan fingerprint density at radius 3 is 2.46 bits per heavy atom. The van der Waals surface area contributed by atoms with Crippen molar-refractivity contribution in [2.75, 3.05) is 13.7 Å². The maximum atomic E-state index is 12.6. The number of Topliss-reactive ketones (excluding diaryl/α,β-unsaturated/α-hetero) is 1. The Hall–Kier alpha value is -2.57. The van der Waals surface area contributed by atoms with E-state index >= 15 is 0 Å². The molecule has 0 aliphatic heterocycles. The molecule has 6 heteroatoms. The van der Waals surface area contributed by atoms with Gasteiger partial charge in [-0.15, -0.1) is 0 Å². The molecule has 0 N–H and O–H groups in total. The van der Waals surface area contributed by atoms with E-state index in [2.05, 4.69) is 11.1 Å². The highest BCUT2D eigenvalue weighted by atomic mass is 32.1. The number of ketones is 1. The van der Waals surface area contributed by atoms with Gasteiger partial charge in [-0.05, 0) is 43.7 Å². The lowest BCUT2D eigenvalue weighted by molar-refractivity contribution is 0.0991. The fraction of sp³-hybridized carbons (Fsp3) is 0.250. The van der Waals surface area contributed by atoms with Crippen LogP contribution in [0.3, 0.4) is 0 Å². The van der Waals surface area contributed by atoms with Gasteiger partial charge in [-0.1, -0.05) is 29.5 Å². The van der Waals surface area contributed by atoms with Crippen LogP contribution in [0.25, 0.3) is 10.2 Å². The summed E-state index contributed by atoms with van der Waals surface area (Å²) in [5.41, 5.74) is 3.24. The van der Waals surface area contributed by atoms with Crippen molar-refractivity contribution in [3.05, 3.63) is 64.0 Å². The van der Waals surface area contributed by atoms with E-state index in [-0.39, 0.29) is 11.7 Å². The fourth-order valence-electron chi connectivity index (χ4n) is 2.66. The molecule has 2 aromatic carbocycles. The van der Waals surface area contributed by atoms with E-state index in [4.69, 9.17) is 4.74 Å². The van der Waals surface area contributed by atoms with Crippen molar-refractivity contribution < 1.29 is 14.3 Å². The fourth-order valence-corrected chi connectivity index (χ4v) is 3.82. The highest BCUT2D eigenvalue weighted by Gasteiger charge is 2.10. The first kappa shape index (κ1) is 18.2. The van der Waals surface area contributed by atoms with Crippen molar-refractivity contribution in [3.63, 3.8) is 0 Å². The maximum absolute atomic E-state index is 12.6. The normalized spacial score (nSPS) is 11.9. The lowest BCUT2D eigenvalue weighted by atomic mass is 10.1. The number of methoxy groups -OCH3 is 1. The van der Waals surface area contributed by atoms with Crippen molar-refractivity contribution >= 4 is 33.2 Å². The zero-order valence-corrected chi connectivity index (χ0v) is 15.8. The summed E-state index contributed by atoms with van der Waals surface area (Å²) in [5, 5.41) is 0. The summed E-state index contributed by atoms with van der Waals surface area (Å²) >= 11 is 1.49. The molecule has 3 rings (SSSR count). The van der Waals surface area contributed by atoms with Gasteiger partial charge in [-0.25, -0.2) is 0 Å². The molecule has 134 valence electrons. The van der Waals surface area contributed by atoms with E-state index in [1.54, 1.807) is 31.4 Å². The molecule has 1 aromatic heterocycles. The Labute approximate surface area is 155 Å². The van der Waals surface area contributed by atoms with E-state index in [0.717, 1.165) is 15.8 Å². The molecular weight excluding hydrogens is 348 g/mol. The first-order valence-electron chi connectivity index (χ1n) is 8.28. The van der Waals surface area contributed by atoms with Gasteiger partial charge in [0.05, 0.1) is 16.8 Å². The highest BCUT2D eigenvalue weighted by molar-refractivity contribution is 7.16. The third-order valence-corrected chi connectivity index (χ3v) is 5.13. The second-order valence-electron chi connectivity index (χ2n) is 6.05. The van der Waals surface area contributed by atoms with Gasteiger partial charge in [0, 0.05) is 24.8 Å². The molecule has 0 saturated carbocycles. The van der Waals surface area contributed by atoms with Gasteiger partial charge >= 0.3 is 0 Å². The number of carbonyl (C=O) groups excluding carboxylic acids is 2. The molecule has 0 radical (unpaired) electrons. The van der Waals surface area contributed by atoms with Crippen LogP contribution in [0.15, 0.2) is 47.5 Å². The van der Waals surface area contributed by atoms with Crippen molar-refractivity contribution in [2.24, 2.45) is 4.99 Å². The molecule has 0 spiro atoms. The number of thiazole rings is 1. The molecule has 0 atom stereocenters. The Bertz CT molecular complexity index is 1030. The van der Waals surface area contributed by atoms with E-state index in [0.29, 0.717) is 29.1 Å². The highest BCUT2D eigenvalue weighted by Crippen LogP contribution is 2.19. The van der Waals surface area contributed by atoms with Gasteiger partial charge < -0.3 is 9.30 Å². The van der Waals surface area contributed by atoms with Crippen LogP contribution < -0.4 is 4.80 Å². The second kappa shape index (κ2) is 7.76. The molecule has 1 heterocycles. The number of nitrogens with zero attached hydrogens (tertiary/aromatic N) is 2. The van der Waals surface area contributed by atoms with Crippen LogP contribution in [0, 0.1) is 6.92 Å². The summed E-state index contributed by atoms with van der Waals surface area (Å²) in [5.74, 6) is -0.354. The molecular formula is C20H20N2O3S. The van der Waals surface area contributed by atoms with Gasteiger partial charge in [0.15, 0.2) is 10.6 Å². The van der Waals surface area contributed by atoms with Crippen molar-refractivity contribution in [1.82, 2.24) is 4.57 Å². The number of ether oxygens (including phenoxy) is 1. The number of hydrogen-bond donors (Lipinski definition) is 0. The van der Waals surface area contributed by atoms with Gasteiger partial charge in [0.2, 0.25) is 0 Å². The van der Waals surface area contributed by atoms with Crippen molar-refractivity contribution in [1.29, 1.82) is 0 Å². The minimum Gasteiger partial charge on any atom is -0.383 e. The Morgan fingerprint density at radius 2 is 1.81 bits per heavy atom. The minimum atomic E-state index is -0.324. The monoisotopic (exact) mass is 368 g/mol. The van der Waals surface area contributed by atoms with E-state index < -0.39 is 0 Å². The SMILES string of the molecule is COCCn1c(=NC(=O)c2ccc(C(C)=O)cc2)sc2cc(C)ccc21. The average Bonchev–Trinajstić information content (AvgIpc) is 2.95. The molecule has 0 fully saturated rings. The average molecular weight is 368 g/mol. The van der Waals surface area contributed by atoms with Gasteiger partial charge in [-0.3, -0.25) is 9.59 Å². The standard InChI is InChI=1S/C20H20N2O3S/c1-13-4-9-17-18(12-13)26-20(22(17)10-11-25-3)21-19(24)16-7-5-15(6-8-16)14(2)23/h4-9,12H,10-11H2,1-3H3. The van der Waals surface area contributed by atoms with Gasteiger partial charge in [0.1, 0.15) is 0 Å². The molecule has 5 nitrogen and oxygen atoms in total. The predicted molar refractivity (Wildman–Crippen MR) is 103 cm³/mol. The van der Waals surface area contributed by atoms with Gasteiger partial charge in [0.25, 0.3) is 5.91 Å². The van der Waals surface area contributed by atoms with E-state index in [9.17, 15) is 9.59 Å². The summed E-state index contributed by atoms with van der Waals surface area (Å²) in [4.78, 5) is 28.9. The van der Waals surface area contributed by atoms with Crippen LogP contribution in [0.5, 0.6) is 0 Å². The Kier molecular flexibility index (Phi) is 5.44. The lowest BCUT2D eigenvalue weighted by Gasteiger charge is -2.04. The molecule has 0 unspecified atom stereocenters. The number of aryl methyl sites for hydroxylation is 1. The smallest absolute Gasteiger partial charge is 0.279 e. The number of rotatable bonds is 5. The third kappa shape index (κ3) is 3.81. The number of fused-ring (bicyclic) bond motifs is 1. The largest absolute Gasteiger partial charge is 0.383 e. The van der Waals surface area contributed by atoms with Crippen LogP contribution >= 0.6 is 11.3 Å². The quantitative estimate of drug-likeness (QED) is 0.647. The number of aromatic nitrogens is 1. The first-order chi connectivity index (χ1) is 12.5. The lowest BCUT2D eigenvalue weighted by Crippen LogP contribution is -2.19. The molecule has 0 aliphatic rings. The van der Waals surface area contributed by atoms with Gasteiger partial charge in [-0.2, -0.15) is 4.99 Å². The van der Waals surface area contributed by atoms with Crippen LogP contribution in [-0.4, -0.2) is 30.0 Å². The minimum absolute atomic E-state index is 0.0294. The van der Waals surface area contributed by atoms with Crippen molar-refractivity contribution in [3.8, 4) is 0 Å². The zero-order chi connectivity index (χ0) is 18.7. The zero-order valence-electron chi connectivity index (χ0n) is 15.0. The molecule has 1 amide bonds. The molecule has 3 aromatic rings. The summed E-state index contributed by atoms with van der Waals surface area (Å²) in [6.45, 7) is 4.69. The van der Waals surface area contributed by atoms with Crippen molar-refractivity contribution in [2.45, 2.75) is 20.4 Å². The predicted octanol–water partition coefficient (Wildman–Crippen LogP) is 3.60. The summed E-state index contributed by atoms with van der Waals surface area (Å²) in [6.07, 6.45) is 0. The number of amides is 1. The summed E-state index contributed by atoms with van der Waals surface area (Å²) in [6, 6.07) is 12.8. The van der Waals surface area contributed by atoms with Crippen LogP contribution in [0.1, 0.15) is 33.2 Å². The third-order valence-electron chi connectivity index (χ3n) is 4.09. The summed E-state index contributed by atoms with van der Waals surface area (Å²) in [7, 11) is 1.65. The molecule has 0 bridgehead atoms. The maximum Gasteiger partial charge on any atom is 0.279 e. The van der Waals surface area contributed by atoms with E-state index in [1.807, 2.05) is 23.6 Å². The first-order valence-corrected chi connectivity index (χ1v) is 9.10. The number of benzene rings is 2. The van der Waals surface area contributed by atoms with Crippen LogP contribution in [-0.2, 0) is 11.3 Å². The summed E-state index contributed by atoms with van der Waals surface area (Å²) < 4.78 is 8.28. The molecule has 26 heavy (non-hydrogen) atoms. The Morgan fingerprint density at radius 1 is 1.12 bits per heavy atom. The van der Waals surface area contributed by atoms with Crippen LogP contribution in [0.4, 0.5) is 0 Å². The molecule has 0 saturated heterocycles. The Balaban J connectivity index is 2.04. The number of hydrogen-bond acceptors (Lipinski definition) is 4. The van der Waals surface area contributed by atoms with Crippen LogP contribution in [0.2, 0.25) is 0 Å². The second-order valence-corrected chi connectivity index (χ2v) is 7.06.